The predicted molar refractivity (Wildman–Crippen MR) is 208 cm³/mol. The summed E-state index contributed by atoms with van der Waals surface area (Å²) in [6.45, 7) is 0. The van der Waals surface area contributed by atoms with Crippen LogP contribution in [0.3, 0.4) is 0 Å². The van der Waals surface area contributed by atoms with Gasteiger partial charge in [0.2, 0.25) is 0 Å². The molecule has 49 heavy (non-hydrogen) atoms. The largest absolute Gasteiger partial charge is 0.455 e. The van der Waals surface area contributed by atoms with Crippen LogP contribution in [0, 0.1) is 0 Å². The van der Waals surface area contributed by atoms with Crippen molar-refractivity contribution in [1.29, 1.82) is 0 Å². The first-order valence-corrected chi connectivity index (χ1v) is 16.5. The molecule has 0 atom stereocenters. The van der Waals surface area contributed by atoms with Crippen LogP contribution in [-0.4, -0.2) is 0 Å². The molecule has 1 aromatic heterocycles. The molecule has 0 fully saturated rings. The molecule has 0 saturated heterocycles. The van der Waals surface area contributed by atoms with E-state index >= 15 is 0 Å². The van der Waals surface area contributed by atoms with Gasteiger partial charge in [-0.05, 0) is 89.6 Å². The Bertz CT molecular complexity index is 3020. The summed E-state index contributed by atoms with van der Waals surface area (Å²) in [5.74, 6) is 0. The lowest BCUT2D eigenvalue weighted by Gasteiger charge is -2.19. The Balaban J connectivity index is 1.23. The fourth-order valence-electron chi connectivity index (χ4n) is 7.50. The standard InChI is InChI=1S/C48H30O/c1-2-12-31(13-3-1)32-22-24-34(25-23-32)36-15-6-7-17-39(36)47-42-20-10-8-18-40(42)46(41-19-9-11-21-43(41)47)35-27-28-38-44-29-26-33-14-4-5-16-37(33)48(44)49-45(38)30-35/h1-30H/i22D,23D,24D,25D. The second-order valence-electron chi connectivity index (χ2n) is 12.5. The fourth-order valence-corrected chi connectivity index (χ4v) is 7.50. The lowest BCUT2D eigenvalue weighted by atomic mass is 9.83. The van der Waals surface area contributed by atoms with E-state index in [1.54, 1.807) is 0 Å². The molecule has 228 valence electrons. The van der Waals surface area contributed by atoms with Gasteiger partial charge in [-0.15, -0.1) is 0 Å². The monoisotopic (exact) mass is 626 g/mol. The number of fused-ring (bicyclic) bond motifs is 7. The highest BCUT2D eigenvalue weighted by Gasteiger charge is 2.20. The Hall–Kier alpha value is -6.44. The van der Waals surface area contributed by atoms with Gasteiger partial charge in [-0.2, -0.15) is 0 Å². The second kappa shape index (κ2) is 11.1. The van der Waals surface area contributed by atoms with E-state index in [1.807, 2.05) is 78.9 Å². The maximum Gasteiger partial charge on any atom is 0.143 e. The molecule has 0 N–H and O–H groups in total. The maximum atomic E-state index is 9.24. The zero-order valence-corrected chi connectivity index (χ0v) is 26.4. The molecule has 0 bridgehead atoms. The molecular weight excluding hydrogens is 593 g/mol. The van der Waals surface area contributed by atoms with E-state index in [0.717, 1.165) is 76.5 Å². The Kier molecular flexibility index (Phi) is 5.38. The van der Waals surface area contributed by atoms with Crippen LogP contribution in [0.1, 0.15) is 5.48 Å². The molecule has 1 nitrogen and oxygen atoms in total. The van der Waals surface area contributed by atoms with Crippen molar-refractivity contribution in [3.8, 4) is 44.5 Å². The molecule has 0 aliphatic carbocycles. The number of furan rings is 1. The number of hydrogen-bond acceptors (Lipinski definition) is 1. The van der Waals surface area contributed by atoms with Crippen LogP contribution in [0.15, 0.2) is 186 Å². The van der Waals surface area contributed by atoms with Crippen molar-refractivity contribution in [3.63, 3.8) is 0 Å². The molecule has 0 unspecified atom stereocenters. The summed E-state index contributed by atoms with van der Waals surface area (Å²) in [6, 6.07) is 52.7. The molecule has 1 heteroatoms. The summed E-state index contributed by atoms with van der Waals surface area (Å²) in [6.07, 6.45) is 0. The van der Waals surface area contributed by atoms with Gasteiger partial charge in [-0.1, -0.05) is 164 Å². The Morgan fingerprint density at radius 1 is 0.347 bits per heavy atom. The highest BCUT2D eigenvalue weighted by atomic mass is 16.3. The predicted octanol–water partition coefficient (Wildman–Crippen LogP) is 13.7. The van der Waals surface area contributed by atoms with Gasteiger partial charge in [0.25, 0.3) is 0 Å². The van der Waals surface area contributed by atoms with Crippen LogP contribution >= 0.6 is 0 Å². The molecule has 0 spiro atoms. The van der Waals surface area contributed by atoms with Crippen LogP contribution < -0.4 is 0 Å². The van der Waals surface area contributed by atoms with Gasteiger partial charge in [-0.25, -0.2) is 0 Å². The van der Waals surface area contributed by atoms with Crippen LogP contribution in [0.2, 0.25) is 0 Å². The van der Waals surface area contributed by atoms with Crippen LogP contribution in [0.25, 0.3) is 98.8 Å². The van der Waals surface area contributed by atoms with Crippen molar-refractivity contribution >= 4 is 54.3 Å². The molecule has 0 aliphatic rings. The minimum atomic E-state index is -0.0607. The third kappa shape index (κ3) is 4.40. The van der Waals surface area contributed by atoms with Crippen molar-refractivity contribution in [2.24, 2.45) is 0 Å². The van der Waals surface area contributed by atoms with E-state index in [9.17, 15) is 2.74 Å². The number of benzene rings is 9. The highest BCUT2D eigenvalue weighted by molar-refractivity contribution is 6.23. The van der Waals surface area contributed by atoms with E-state index in [1.165, 1.54) is 0 Å². The molecule has 1 heterocycles. The minimum absolute atomic E-state index is 0.0546. The van der Waals surface area contributed by atoms with E-state index in [0.29, 0.717) is 16.7 Å². The number of rotatable bonds is 4. The minimum Gasteiger partial charge on any atom is -0.455 e. The van der Waals surface area contributed by atoms with E-state index in [4.69, 9.17) is 7.16 Å². The Morgan fingerprint density at radius 2 is 0.898 bits per heavy atom. The molecule has 9 aromatic carbocycles. The molecule has 10 rings (SSSR count). The summed E-state index contributed by atoms with van der Waals surface area (Å²) in [7, 11) is 0. The van der Waals surface area contributed by atoms with E-state index < -0.39 is 0 Å². The first kappa shape index (κ1) is 23.8. The fraction of sp³-hybridized carbons (Fsp3) is 0. The maximum absolute atomic E-state index is 9.24. The van der Waals surface area contributed by atoms with Crippen LogP contribution in [-0.2, 0) is 0 Å². The lowest BCUT2D eigenvalue weighted by Crippen LogP contribution is -1.92. The van der Waals surface area contributed by atoms with Crippen molar-refractivity contribution in [3.05, 3.63) is 182 Å². The first-order valence-electron chi connectivity index (χ1n) is 18.5. The van der Waals surface area contributed by atoms with Crippen molar-refractivity contribution in [2.45, 2.75) is 0 Å². The van der Waals surface area contributed by atoms with Crippen LogP contribution in [0.4, 0.5) is 0 Å². The average Bonchev–Trinajstić information content (AvgIpc) is 3.58. The zero-order chi connectivity index (χ0) is 35.8. The van der Waals surface area contributed by atoms with Gasteiger partial charge in [0.15, 0.2) is 0 Å². The third-order valence-electron chi connectivity index (χ3n) is 9.74. The van der Waals surface area contributed by atoms with Gasteiger partial charge in [-0.3, -0.25) is 0 Å². The first-order chi connectivity index (χ1) is 26.0. The van der Waals surface area contributed by atoms with Gasteiger partial charge in [0, 0.05) is 16.2 Å². The van der Waals surface area contributed by atoms with Gasteiger partial charge in [0.05, 0.1) is 5.48 Å². The van der Waals surface area contributed by atoms with Crippen molar-refractivity contribution in [2.75, 3.05) is 0 Å². The molecular formula is C48H30O. The van der Waals surface area contributed by atoms with Gasteiger partial charge < -0.3 is 4.42 Å². The molecule has 0 aliphatic heterocycles. The molecule has 0 saturated carbocycles. The molecule has 10 aromatic rings. The second-order valence-corrected chi connectivity index (χ2v) is 12.5. The van der Waals surface area contributed by atoms with Crippen molar-refractivity contribution in [1.82, 2.24) is 0 Å². The van der Waals surface area contributed by atoms with Gasteiger partial charge >= 0.3 is 0 Å². The third-order valence-corrected chi connectivity index (χ3v) is 9.74. The normalized spacial score (nSPS) is 12.8. The van der Waals surface area contributed by atoms with Gasteiger partial charge in [0.1, 0.15) is 11.2 Å². The van der Waals surface area contributed by atoms with E-state index in [2.05, 4.69) is 78.9 Å². The zero-order valence-electron chi connectivity index (χ0n) is 30.4. The Labute approximate surface area is 289 Å². The van der Waals surface area contributed by atoms with Crippen LogP contribution in [0.5, 0.6) is 0 Å². The molecule has 0 amide bonds. The highest BCUT2D eigenvalue weighted by Crippen LogP contribution is 2.47. The SMILES string of the molecule is [2H]c1c([2H])c(-c2ccccc2-c2c3ccccc3c(-c3ccc4c(c3)oc3c5ccccc5ccc43)c3ccccc23)c([2H])c([2H])c1-c1ccccc1. The lowest BCUT2D eigenvalue weighted by molar-refractivity contribution is 0.673. The summed E-state index contributed by atoms with van der Waals surface area (Å²) in [4.78, 5) is 0. The number of hydrogen-bond donors (Lipinski definition) is 0. The summed E-state index contributed by atoms with van der Waals surface area (Å²) in [5, 5.41) is 8.60. The summed E-state index contributed by atoms with van der Waals surface area (Å²) in [5.41, 5.74) is 7.60. The smallest absolute Gasteiger partial charge is 0.143 e. The summed E-state index contributed by atoms with van der Waals surface area (Å²) < 4.78 is 43.2. The quantitative estimate of drug-likeness (QED) is 0.177. The Morgan fingerprint density at radius 3 is 1.61 bits per heavy atom. The van der Waals surface area contributed by atoms with E-state index in [-0.39, 0.29) is 29.7 Å². The summed E-state index contributed by atoms with van der Waals surface area (Å²) >= 11 is 0. The topological polar surface area (TPSA) is 13.1 Å². The van der Waals surface area contributed by atoms with Crippen molar-refractivity contribution < 1.29 is 9.90 Å². The average molecular weight is 627 g/mol. The molecule has 0 radical (unpaired) electrons.